The number of anilines is 3. The molecule has 194 valence electrons. The van der Waals surface area contributed by atoms with Crippen molar-refractivity contribution in [1.82, 2.24) is 9.97 Å². The maximum Gasteiger partial charge on any atom is 0.442 e. The molecule has 2 aromatic carbocycles. The largest absolute Gasteiger partial charge is 0.497 e. The lowest BCUT2D eigenvalue weighted by atomic mass is 10.2. The van der Waals surface area contributed by atoms with Crippen LogP contribution in [0, 0.1) is 11.8 Å². The number of ether oxygens (including phenoxy) is 2. The topological polar surface area (TPSA) is 135 Å². The number of methoxy groups -OCH3 is 1. The number of hydrogen-bond donors (Lipinski definition) is 3. The molecule has 0 spiro atoms. The smallest absolute Gasteiger partial charge is 0.442 e. The predicted octanol–water partition coefficient (Wildman–Crippen LogP) is 4.03. The molecule has 0 fully saturated rings. The molecule has 1 amide bonds. The fourth-order valence-corrected chi connectivity index (χ4v) is 4.08. The van der Waals surface area contributed by atoms with Crippen molar-refractivity contribution < 1.29 is 23.6 Å². The van der Waals surface area contributed by atoms with E-state index in [1.165, 1.54) is 6.26 Å². The number of hydrogen-bond acceptors (Lipinski definition) is 9. The Balaban J connectivity index is 1.83. The molecule has 1 heterocycles. The SMILES string of the molecule is CCOC(=O)N=S(C)(=O)c1ccc(Nc2ncc(C#Cc3ccc(OC)cc3)c(N[C@H](C)CO)n2)cc1. The van der Waals surface area contributed by atoms with Gasteiger partial charge in [-0.2, -0.15) is 4.98 Å². The van der Waals surface area contributed by atoms with E-state index in [0.717, 1.165) is 11.3 Å². The number of carbonyl (C=O) groups is 1. The van der Waals surface area contributed by atoms with E-state index in [2.05, 4.69) is 36.8 Å². The molecule has 3 N–H and O–H groups in total. The minimum absolute atomic E-state index is 0.0906. The molecule has 37 heavy (non-hydrogen) atoms. The van der Waals surface area contributed by atoms with Crippen LogP contribution in [0.4, 0.5) is 22.2 Å². The summed E-state index contributed by atoms with van der Waals surface area (Å²) < 4.78 is 26.4. The summed E-state index contributed by atoms with van der Waals surface area (Å²) in [5.41, 5.74) is 1.99. The summed E-state index contributed by atoms with van der Waals surface area (Å²) in [6.07, 6.45) is 2.10. The Morgan fingerprint density at radius 3 is 2.49 bits per heavy atom. The molecule has 0 saturated carbocycles. The van der Waals surface area contributed by atoms with Crippen LogP contribution in [0.5, 0.6) is 5.75 Å². The van der Waals surface area contributed by atoms with Crippen LogP contribution in [0.2, 0.25) is 0 Å². The Morgan fingerprint density at radius 2 is 1.86 bits per heavy atom. The summed E-state index contributed by atoms with van der Waals surface area (Å²) in [5.74, 6) is 7.64. The Hall–Kier alpha value is -4.14. The fourth-order valence-electron chi connectivity index (χ4n) is 3.00. The zero-order chi connectivity index (χ0) is 26.8. The summed E-state index contributed by atoms with van der Waals surface area (Å²) >= 11 is 0. The van der Waals surface area contributed by atoms with Gasteiger partial charge in [-0.25, -0.2) is 14.0 Å². The van der Waals surface area contributed by atoms with Gasteiger partial charge in [0.1, 0.15) is 11.6 Å². The molecule has 3 aromatic rings. The maximum atomic E-state index is 12.8. The van der Waals surface area contributed by atoms with Crippen molar-refractivity contribution in [3.8, 4) is 17.6 Å². The highest BCUT2D eigenvalue weighted by atomic mass is 32.2. The van der Waals surface area contributed by atoms with Crippen molar-refractivity contribution >= 4 is 33.3 Å². The molecule has 0 aliphatic rings. The first-order valence-electron chi connectivity index (χ1n) is 11.4. The standard InChI is InChI=1S/C26H29N5O5S/c1-5-36-26(33)31-37(4,34)23-14-10-21(11-15-23)29-25-27-16-20(24(30-25)28-18(2)17-32)9-6-19-7-12-22(35-3)13-8-19/h7-8,10-16,18,32H,5,17H2,1-4H3,(H2,27,28,29,30)/t18-,37?/m1/s1. The molecule has 0 aliphatic carbocycles. The van der Waals surface area contributed by atoms with Crippen molar-refractivity contribution in [2.45, 2.75) is 24.8 Å². The number of aromatic nitrogens is 2. The second-order valence-corrected chi connectivity index (χ2v) is 10.2. The van der Waals surface area contributed by atoms with Gasteiger partial charge >= 0.3 is 6.09 Å². The van der Waals surface area contributed by atoms with Crippen molar-refractivity contribution in [3.63, 3.8) is 0 Å². The first-order chi connectivity index (χ1) is 17.7. The number of aliphatic hydroxyl groups excluding tert-OH is 1. The number of rotatable bonds is 8. The predicted molar refractivity (Wildman–Crippen MR) is 143 cm³/mol. The number of nitrogens with zero attached hydrogens (tertiary/aromatic N) is 3. The van der Waals surface area contributed by atoms with Gasteiger partial charge in [0.25, 0.3) is 0 Å². The van der Waals surface area contributed by atoms with Crippen LogP contribution in [-0.2, 0) is 14.5 Å². The third kappa shape index (κ3) is 7.93. The van der Waals surface area contributed by atoms with Crippen molar-refractivity contribution in [3.05, 3.63) is 65.9 Å². The summed E-state index contributed by atoms with van der Waals surface area (Å²) in [6.45, 7) is 3.53. The van der Waals surface area contributed by atoms with Crippen LogP contribution in [-0.4, -0.2) is 58.0 Å². The van der Waals surface area contributed by atoms with Crippen LogP contribution < -0.4 is 15.4 Å². The molecule has 1 unspecified atom stereocenters. The third-order valence-corrected chi connectivity index (χ3v) is 6.59. The molecule has 10 nitrogen and oxygen atoms in total. The number of amides is 1. The Bertz CT molecular complexity index is 1410. The number of aliphatic hydroxyl groups is 1. The zero-order valence-electron chi connectivity index (χ0n) is 21.0. The quantitative estimate of drug-likeness (QED) is 0.374. The molecule has 1 aromatic heterocycles. The molecule has 0 radical (unpaired) electrons. The molecule has 0 saturated heterocycles. The number of benzene rings is 2. The average Bonchev–Trinajstić information content (AvgIpc) is 2.88. The minimum atomic E-state index is -2.95. The lowest BCUT2D eigenvalue weighted by Gasteiger charge is -2.14. The average molecular weight is 524 g/mol. The normalized spacial score (nSPS) is 12.8. The fraction of sp³-hybridized carbons (Fsp3) is 0.269. The van der Waals surface area contributed by atoms with Gasteiger partial charge in [0.15, 0.2) is 0 Å². The molecule has 11 heteroatoms. The second-order valence-electron chi connectivity index (χ2n) is 7.90. The lowest BCUT2D eigenvalue weighted by Crippen LogP contribution is -2.21. The van der Waals surface area contributed by atoms with Gasteiger partial charge in [-0.3, -0.25) is 0 Å². The van der Waals surface area contributed by atoms with E-state index >= 15 is 0 Å². The second kappa shape index (κ2) is 12.7. The molecule has 2 atom stereocenters. The van der Waals surface area contributed by atoms with Gasteiger partial charge in [0.2, 0.25) is 5.95 Å². The highest BCUT2D eigenvalue weighted by Crippen LogP contribution is 2.21. The van der Waals surface area contributed by atoms with E-state index in [4.69, 9.17) is 9.47 Å². The van der Waals surface area contributed by atoms with Crippen LogP contribution in [0.1, 0.15) is 25.0 Å². The zero-order valence-corrected chi connectivity index (χ0v) is 21.8. The minimum Gasteiger partial charge on any atom is -0.497 e. The van der Waals surface area contributed by atoms with Crippen molar-refractivity contribution in [2.24, 2.45) is 4.36 Å². The van der Waals surface area contributed by atoms with Gasteiger partial charge in [-0.15, -0.1) is 4.36 Å². The molecular formula is C26H29N5O5S. The van der Waals surface area contributed by atoms with Gasteiger partial charge in [0.05, 0.1) is 41.8 Å². The van der Waals surface area contributed by atoms with E-state index in [0.29, 0.717) is 27.9 Å². The summed E-state index contributed by atoms with van der Waals surface area (Å²) in [7, 11) is -1.34. The summed E-state index contributed by atoms with van der Waals surface area (Å²) in [5, 5.41) is 15.7. The molecule has 0 aliphatic heterocycles. The van der Waals surface area contributed by atoms with Crippen LogP contribution in [0.3, 0.4) is 0 Å². The van der Waals surface area contributed by atoms with Gasteiger partial charge in [-0.05, 0) is 62.4 Å². The Kier molecular flexibility index (Phi) is 9.43. The van der Waals surface area contributed by atoms with Gasteiger partial charge in [-0.1, -0.05) is 11.8 Å². The maximum absolute atomic E-state index is 12.8. The van der Waals surface area contributed by atoms with Crippen LogP contribution in [0.25, 0.3) is 0 Å². The first kappa shape index (κ1) is 27.4. The van der Waals surface area contributed by atoms with E-state index < -0.39 is 15.8 Å². The summed E-state index contributed by atoms with van der Waals surface area (Å²) in [6, 6.07) is 13.7. The third-order valence-electron chi connectivity index (χ3n) is 4.94. The molecular weight excluding hydrogens is 494 g/mol. The van der Waals surface area contributed by atoms with Crippen LogP contribution >= 0.6 is 0 Å². The highest BCUT2D eigenvalue weighted by Gasteiger charge is 2.12. The van der Waals surface area contributed by atoms with E-state index in [-0.39, 0.29) is 19.3 Å². The van der Waals surface area contributed by atoms with E-state index in [9.17, 15) is 14.1 Å². The van der Waals surface area contributed by atoms with Gasteiger partial charge in [0, 0.05) is 28.4 Å². The van der Waals surface area contributed by atoms with Crippen molar-refractivity contribution in [1.29, 1.82) is 0 Å². The van der Waals surface area contributed by atoms with E-state index in [1.807, 2.05) is 31.2 Å². The first-order valence-corrected chi connectivity index (χ1v) is 13.3. The van der Waals surface area contributed by atoms with Crippen molar-refractivity contribution in [2.75, 3.05) is 37.2 Å². The number of nitrogens with one attached hydrogen (secondary N) is 2. The van der Waals surface area contributed by atoms with Gasteiger partial charge < -0.3 is 25.2 Å². The lowest BCUT2D eigenvalue weighted by molar-refractivity contribution is 0.164. The van der Waals surface area contributed by atoms with E-state index in [1.54, 1.807) is 44.5 Å². The molecule has 3 rings (SSSR count). The highest BCUT2D eigenvalue weighted by molar-refractivity contribution is 7.93. The van der Waals surface area contributed by atoms with Crippen LogP contribution in [0.15, 0.2) is 64.0 Å². The monoisotopic (exact) mass is 523 g/mol. The number of carbonyl (C=O) groups excluding carboxylic acids is 1. The Morgan fingerprint density at radius 1 is 1.16 bits per heavy atom. The Labute approximate surface area is 216 Å². The molecule has 0 bridgehead atoms. The summed E-state index contributed by atoms with van der Waals surface area (Å²) in [4.78, 5) is 20.9.